The van der Waals surface area contributed by atoms with E-state index >= 15 is 0 Å². The number of carbonyl (C=O) groups excluding carboxylic acids is 1. The minimum absolute atomic E-state index is 0.0458. The zero-order valence-corrected chi connectivity index (χ0v) is 23.5. The molecular weight excluding hydrogens is 474 g/mol. The molecule has 5 nitrogen and oxygen atoms in total. The third kappa shape index (κ3) is 4.91. The van der Waals surface area contributed by atoms with E-state index < -0.39 is 5.41 Å². The van der Waals surface area contributed by atoms with Gasteiger partial charge in [0.05, 0.1) is 20.8 Å². The van der Waals surface area contributed by atoms with Crippen LogP contribution in [0, 0.1) is 24.2 Å². The van der Waals surface area contributed by atoms with Crippen molar-refractivity contribution in [2.45, 2.75) is 65.0 Å². The highest BCUT2D eigenvalue weighted by atomic mass is 16.5. The average Bonchev–Trinajstić information content (AvgIpc) is 3.04. The maximum absolute atomic E-state index is 14.0. The van der Waals surface area contributed by atoms with Crippen LogP contribution in [0.5, 0.6) is 5.75 Å². The first-order valence-electron chi connectivity index (χ1n) is 14.3. The molecule has 0 N–H and O–H groups in total. The molecule has 4 bridgehead atoms. The summed E-state index contributed by atoms with van der Waals surface area (Å²) in [7, 11) is 3.30. The lowest BCUT2D eigenvalue weighted by Crippen LogP contribution is -2.65. The lowest BCUT2D eigenvalue weighted by atomic mass is 9.54. The van der Waals surface area contributed by atoms with Crippen LogP contribution in [0.2, 0.25) is 0 Å². The van der Waals surface area contributed by atoms with Crippen molar-refractivity contribution < 1.29 is 19.0 Å². The average molecular weight is 518 g/mol. The highest BCUT2D eigenvalue weighted by Crippen LogP contribution is 2.59. The van der Waals surface area contributed by atoms with Gasteiger partial charge in [0.2, 0.25) is 0 Å². The second-order valence-corrected chi connectivity index (χ2v) is 11.4. The second kappa shape index (κ2) is 11.6. The number of fused-ring (bicyclic) bond motifs is 1. The van der Waals surface area contributed by atoms with Crippen molar-refractivity contribution in [2.24, 2.45) is 17.3 Å². The summed E-state index contributed by atoms with van der Waals surface area (Å²) in [5, 5.41) is 0. The number of piperidine rings is 2. The lowest BCUT2D eigenvalue weighted by molar-refractivity contribution is -0.169. The molecule has 3 fully saturated rings. The number of ether oxygens (including phenoxy) is 3. The summed E-state index contributed by atoms with van der Waals surface area (Å²) in [6.07, 6.45) is 5.89. The van der Waals surface area contributed by atoms with Gasteiger partial charge in [-0.15, -0.1) is 0 Å². The maximum Gasteiger partial charge on any atom is 0.317 e. The Kier molecular flexibility index (Phi) is 8.25. The van der Waals surface area contributed by atoms with Gasteiger partial charge in [0, 0.05) is 25.7 Å². The standard InChI is InChI=1S/C33H43NO4/c1-5-9-30-28(29-19-27(36-3)13-12-23(29)2)14-16-34-21-25-18-26(31(34)33(30,20-25)32(35)37-4)15-17-38-22-24-10-7-6-8-11-24/h6-8,10-13,19,25-26,31H,5,9,14-18,20-22H2,1-4H3/t25-,26?,31?,33?/m0/s1. The second-order valence-electron chi connectivity index (χ2n) is 11.4. The Morgan fingerprint density at radius 1 is 1.13 bits per heavy atom. The van der Waals surface area contributed by atoms with Crippen LogP contribution in [0.25, 0.3) is 5.57 Å². The van der Waals surface area contributed by atoms with Crippen LogP contribution in [0.15, 0.2) is 54.1 Å². The van der Waals surface area contributed by atoms with Crippen LogP contribution in [0.3, 0.4) is 0 Å². The van der Waals surface area contributed by atoms with Gasteiger partial charge in [0.1, 0.15) is 11.2 Å². The number of aryl methyl sites for hydroxylation is 1. The number of methoxy groups -OCH3 is 2. The SMILES string of the molecule is CCCC1=C(c2cc(OC)ccc2C)CCN2C[C@H]3CC(CCOCc4ccccc4)C2C1(C(=O)OC)C3. The van der Waals surface area contributed by atoms with Gasteiger partial charge in [-0.05, 0) is 90.8 Å². The summed E-state index contributed by atoms with van der Waals surface area (Å²) in [6, 6.07) is 16.9. The molecule has 204 valence electrons. The fourth-order valence-electron chi connectivity index (χ4n) is 7.78. The first-order valence-corrected chi connectivity index (χ1v) is 14.3. The summed E-state index contributed by atoms with van der Waals surface area (Å²) in [4.78, 5) is 16.7. The molecule has 5 atom stereocenters. The van der Waals surface area contributed by atoms with Gasteiger partial charge in [0.15, 0.2) is 0 Å². The summed E-state index contributed by atoms with van der Waals surface area (Å²) in [5.74, 6) is 1.73. The Hall–Kier alpha value is -2.63. The predicted molar refractivity (Wildman–Crippen MR) is 151 cm³/mol. The van der Waals surface area contributed by atoms with E-state index in [4.69, 9.17) is 14.2 Å². The van der Waals surface area contributed by atoms with Gasteiger partial charge in [-0.3, -0.25) is 9.69 Å². The molecule has 3 aliphatic heterocycles. The Morgan fingerprint density at radius 3 is 2.68 bits per heavy atom. The van der Waals surface area contributed by atoms with Gasteiger partial charge < -0.3 is 14.2 Å². The smallest absolute Gasteiger partial charge is 0.317 e. The monoisotopic (exact) mass is 517 g/mol. The quantitative estimate of drug-likeness (QED) is 0.268. The third-order valence-electron chi connectivity index (χ3n) is 9.20. The molecule has 4 aliphatic rings. The van der Waals surface area contributed by atoms with Crippen molar-refractivity contribution in [1.29, 1.82) is 0 Å². The van der Waals surface area contributed by atoms with Gasteiger partial charge >= 0.3 is 5.97 Å². The molecule has 1 aliphatic carbocycles. The summed E-state index contributed by atoms with van der Waals surface area (Å²) >= 11 is 0. The molecule has 38 heavy (non-hydrogen) atoms. The van der Waals surface area contributed by atoms with E-state index in [0.29, 0.717) is 25.0 Å². The molecule has 4 unspecified atom stereocenters. The number of nitrogens with zero attached hydrogens (tertiary/aromatic N) is 1. The molecule has 2 aromatic carbocycles. The molecule has 0 radical (unpaired) electrons. The van der Waals surface area contributed by atoms with E-state index in [1.807, 2.05) is 12.1 Å². The number of carbonyl (C=O) groups is 1. The number of rotatable bonds is 10. The topological polar surface area (TPSA) is 48.0 Å². The molecule has 2 saturated heterocycles. The first-order chi connectivity index (χ1) is 18.5. The lowest BCUT2D eigenvalue weighted by Gasteiger charge is -2.59. The van der Waals surface area contributed by atoms with Crippen molar-refractivity contribution in [3.8, 4) is 5.75 Å². The minimum atomic E-state index is -0.600. The maximum atomic E-state index is 14.0. The predicted octanol–water partition coefficient (Wildman–Crippen LogP) is 6.44. The molecule has 2 aromatic rings. The summed E-state index contributed by atoms with van der Waals surface area (Å²) < 4.78 is 17.5. The molecule has 1 saturated carbocycles. The van der Waals surface area contributed by atoms with Crippen molar-refractivity contribution in [3.05, 3.63) is 70.8 Å². The zero-order chi connectivity index (χ0) is 26.7. The van der Waals surface area contributed by atoms with Gasteiger partial charge in [-0.25, -0.2) is 0 Å². The Labute approximate surface area is 228 Å². The molecule has 3 heterocycles. The van der Waals surface area contributed by atoms with Crippen LogP contribution in [-0.4, -0.2) is 50.8 Å². The van der Waals surface area contributed by atoms with Gasteiger partial charge in [-0.2, -0.15) is 0 Å². The largest absolute Gasteiger partial charge is 0.497 e. The molecule has 6 rings (SSSR count). The highest BCUT2D eigenvalue weighted by molar-refractivity contribution is 5.88. The van der Waals surface area contributed by atoms with E-state index in [-0.39, 0.29) is 12.0 Å². The fraction of sp³-hybridized carbons (Fsp3) is 0.545. The molecule has 0 spiro atoms. The number of esters is 1. The first kappa shape index (κ1) is 27.0. The number of hydrogen-bond acceptors (Lipinski definition) is 5. The van der Waals surface area contributed by atoms with Gasteiger partial charge in [0.25, 0.3) is 0 Å². The van der Waals surface area contributed by atoms with E-state index in [2.05, 4.69) is 55.1 Å². The van der Waals surface area contributed by atoms with E-state index in [1.54, 1.807) is 14.2 Å². The van der Waals surface area contributed by atoms with Crippen LogP contribution in [-0.2, 0) is 20.9 Å². The molecule has 0 amide bonds. The molecular formula is C33H43NO4. The summed E-state index contributed by atoms with van der Waals surface area (Å²) in [6.45, 7) is 7.80. The Balaban J connectivity index is 1.52. The van der Waals surface area contributed by atoms with Crippen molar-refractivity contribution in [1.82, 2.24) is 4.90 Å². The zero-order valence-electron chi connectivity index (χ0n) is 23.5. The molecule has 0 aromatic heterocycles. The fourth-order valence-corrected chi connectivity index (χ4v) is 7.78. The van der Waals surface area contributed by atoms with Gasteiger partial charge in [-0.1, -0.05) is 49.7 Å². The van der Waals surface area contributed by atoms with Crippen LogP contribution < -0.4 is 4.74 Å². The highest BCUT2D eigenvalue weighted by Gasteiger charge is 2.62. The number of hydrogen-bond donors (Lipinski definition) is 0. The van der Waals surface area contributed by atoms with Crippen molar-refractivity contribution in [3.63, 3.8) is 0 Å². The van der Waals surface area contributed by atoms with Crippen LogP contribution >= 0.6 is 0 Å². The van der Waals surface area contributed by atoms with Crippen molar-refractivity contribution >= 4 is 11.5 Å². The normalized spacial score (nSPS) is 28.2. The van der Waals surface area contributed by atoms with Crippen LogP contribution in [0.1, 0.15) is 62.1 Å². The van der Waals surface area contributed by atoms with E-state index in [9.17, 15) is 4.79 Å². The van der Waals surface area contributed by atoms with Crippen molar-refractivity contribution in [2.75, 3.05) is 33.9 Å². The van der Waals surface area contributed by atoms with E-state index in [1.165, 1.54) is 34.3 Å². The Morgan fingerprint density at radius 2 is 1.95 bits per heavy atom. The minimum Gasteiger partial charge on any atom is -0.497 e. The third-order valence-corrected chi connectivity index (χ3v) is 9.20. The van der Waals surface area contributed by atoms with Crippen LogP contribution in [0.4, 0.5) is 0 Å². The Bertz CT molecular complexity index is 1160. The number of benzene rings is 2. The summed E-state index contributed by atoms with van der Waals surface area (Å²) in [5.41, 5.74) is 5.71. The van der Waals surface area contributed by atoms with E-state index in [0.717, 1.165) is 50.9 Å². The molecule has 5 heteroatoms.